The van der Waals surface area contributed by atoms with Crippen LogP contribution in [0.2, 0.25) is 0 Å². The topological polar surface area (TPSA) is 118 Å². The molecule has 9 nitrogen and oxygen atoms in total. The molecule has 0 atom stereocenters. The summed E-state index contributed by atoms with van der Waals surface area (Å²) in [6.45, 7) is 1.07. The Morgan fingerprint density at radius 2 is 1.77 bits per heavy atom. The van der Waals surface area contributed by atoms with Gasteiger partial charge in [0.05, 0.1) is 11.3 Å². The van der Waals surface area contributed by atoms with Crippen molar-refractivity contribution < 1.29 is 17.7 Å². The number of nitrogens with one attached hydrogen (secondary N) is 1. The highest BCUT2D eigenvalue weighted by Gasteiger charge is 2.27. The summed E-state index contributed by atoms with van der Waals surface area (Å²) in [7, 11) is -3.53. The lowest BCUT2D eigenvalue weighted by molar-refractivity contribution is 0.102. The van der Waals surface area contributed by atoms with E-state index in [-0.39, 0.29) is 10.8 Å². The molecule has 0 saturated carbocycles. The zero-order chi connectivity index (χ0) is 24.3. The minimum absolute atomic E-state index is 0.192. The molecule has 0 radical (unpaired) electrons. The van der Waals surface area contributed by atoms with Gasteiger partial charge in [-0.05, 0) is 60.9 Å². The zero-order valence-electron chi connectivity index (χ0n) is 18.8. The van der Waals surface area contributed by atoms with E-state index in [4.69, 9.17) is 4.52 Å². The number of anilines is 1. The van der Waals surface area contributed by atoms with E-state index in [2.05, 4.69) is 20.4 Å². The number of rotatable bonds is 7. The van der Waals surface area contributed by atoms with Crippen LogP contribution in [-0.2, 0) is 16.4 Å². The molecular weight excluding hydrogens is 466 g/mol. The first kappa shape index (κ1) is 22.9. The number of carbonyl (C=O) groups is 1. The third-order valence-corrected chi connectivity index (χ3v) is 7.73. The van der Waals surface area contributed by atoms with Crippen molar-refractivity contribution in [2.75, 3.05) is 18.4 Å². The highest BCUT2D eigenvalue weighted by Crippen LogP contribution is 2.23. The predicted octanol–water partition coefficient (Wildman–Crippen LogP) is 3.76. The lowest BCUT2D eigenvalue weighted by Crippen LogP contribution is -2.27. The van der Waals surface area contributed by atoms with Gasteiger partial charge in [0, 0.05) is 42.3 Å². The van der Waals surface area contributed by atoms with Gasteiger partial charge in [0.1, 0.15) is 0 Å². The Labute approximate surface area is 202 Å². The van der Waals surface area contributed by atoms with Gasteiger partial charge < -0.3 is 9.84 Å². The quantitative estimate of drug-likeness (QED) is 0.420. The molecule has 0 bridgehead atoms. The summed E-state index contributed by atoms with van der Waals surface area (Å²) in [4.78, 5) is 21.6. The Hall–Kier alpha value is -3.89. The van der Waals surface area contributed by atoms with Gasteiger partial charge >= 0.3 is 0 Å². The summed E-state index contributed by atoms with van der Waals surface area (Å²) >= 11 is 0. The van der Waals surface area contributed by atoms with Gasteiger partial charge in [0.15, 0.2) is 0 Å². The molecule has 10 heteroatoms. The molecule has 0 unspecified atom stereocenters. The van der Waals surface area contributed by atoms with Crippen molar-refractivity contribution in [3.63, 3.8) is 0 Å². The standard InChI is InChI=1S/C25H23N5O4S/c31-25(18-9-11-21(12-10-18)35(32,33)30-14-3-4-15-30)27-22-8-2-1-6-19(22)16-23-28-24(29-34-23)20-7-5-13-26-17-20/h1-2,5-13,17H,3-4,14-16H2,(H,27,31). The van der Waals surface area contributed by atoms with E-state index < -0.39 is 10.0 Å². The molecular formula is C25H23N5O4S. The van der Waals surface area contributed by atoms with E-state index in [9.17, 15) is 13.2 Å². The van der Waals surface area contributed by atoms with Crippen molar-refractivity contribution in [1.29, 1.82) is 0 Å². The molecule has 2 aromatic heterocycles. The van der Waals surface area contributed by atoms with Crippen molar-refractivity contribution in [3.8, 4) is 11.4 Å². The van der Waals surface area contributed by atoms with Crippen LogP contribution in [0.15, 0.2) is 82.5 Å². The number of nitrogens with zero attached hydrogens (tertiary/aromatic N) is 4. The monoisotopic (exact) mass is 489 g/mol. The number of aromatic nitrogens is 3. The molecule has 1 aliphatic heterocycles. The lowest BCUT2D eigenvalue weighted by atomic mass is 10.1. The number of sulfonamides is 1. The molecule has 1 saturated heterocycles. The minimum Gasteiger partial charge on any atom is -0.339 e. The van der Waals surface area contributed by atoms with Crippen LogP contribution < -0.4 is 5.32 Å². The van der Waals surface area contributed by atoms with E-state index in [0.29, 0.717) is 42.5 Å². The Balaban J connectivity index is 1.30. The van der Waals surface area contributed by atoms with Crippen LogP contribution in [0, 0.1) is 0 Å². The van der Waals surface area contributed by atoms with Crippen LogP contribution >= 0.6 is 0 Å². The summed E-state index contributed by atoms with van der Waals surface area (Å²) in [5.74, 6) is 0.504. The number of amides is 1. The van der Waals surface area contributed by atoms with Crippen molar-refractivity contribution >= 4 is 21.6 Å². The van der Waals surface area contributed by atoms with Crippen molar-refractivity contribution in [3.05, 3.63) is 90.1 Å². The summed E-state index contributed by atoms with van der Waals surface area (Å²) < 4.78 is 32.3. The van der Waals surface area contributed by atoms with Gasteiger partial charge in [0.25, 0.3) is 5.91 Å². The molecule has 3 heterocycles. The van der Waals surface area contributed by atoms with Gasteiger partial charge in [-0.25, -0.2) is 8.42 Å². The first-order chi connectivity index (χ1) is 17.0. The Morgan fingerprint density at radius 3 is 2.51 bits per heavy atom. The highest BCUT2D eigenvalue weighted by molar-refractivity contribution is 7.89. The van der Waals surface area contributed by atoms with E-state index in [0.717, 1.165) is 24.0 Å². The molecule has 0 aliphatic carbocycles. The Kier molecular flexibility index (Phi) is 6.39. The van der Waals surface area contributed by atoms with E-state index in [1.807, 2.05) is 24.3 Å². The van der Waals surface area contributed by atoms with E-state index >= 15 is 0 Å². The molecule has 2 aromatic carbocycles. The van der Waals surface area contributed by atoms with Crippen LogP contribution in [0.4, 0.5) is 5.69 Å². The van der Waals surface area contributed by atoms with E-state index in [1.165, 1.54) is 28.6 Å². The minimum atomic E-state index is -3.53. The zero-order valence-corrected chi connectivity index (χ0v) is 19.6. The van der Waals surface area contributed by atoms with Crippen molar-refractivity contribution in [2.45, 2.75) is 24.2 Å². The third kappa shape index (κ3) is 4.98. The average Bonchev–Trinajstić information content (AvgIpc) is 3.59. The molecule has 4 aromatic rings. The Bertz CT molecular complexity index is 1430. The summed E-state index contributed by atoms with van der Waals surface area (Å²) in [6, 6.07) is 17.0. The molecule has 1 amide bonds. The number of hydrogen-bond donors (Lipinski definition) is 1. The lowest BCUT2D eigenvalue weighted by Gasteiger charge is -2.15. The maximum atomic E-state index is 12.9. The van der Waals surface area contributed by atoms with Crippen LogP contribution in [0.5, 0.6) is 0 Å². The van der Waals surface area contributed by atoms with Crippen molar-refractivity contribution in [1.82, 2.24) is 19.4 Å². The average molecular weight is 490 g/mol. The smallest absolute Gasteiger partial charge is 0.255 e. The van der Waals surface area contributed by atoms with Crippen LogP contribution in [0.3, 0.4) is 0 Å². The summed E-state index contributed by atoms with van der Waals surface area (Å²) in [5.41, 5.74) is 2.51. The molecule has 5 rings (SSSR count). The fraction of sp³-hybridized carbons (Fsp3) is 0.200. The number of carbonyl (C=O) groups excluding carboxylic acids is 1. The first-order valence-corrected chi connectivity index (χ1v) is 12.7. The largest absolute Gasteiger partial charge is 0.339 e. The van der Waals surface area contributed by atoms with E-state index in [1.54, 1.807) is 24.5 Å². The van der Waals surface area contributed by atoms with Gasteiger partial charge in [-0.1, -0.05) is 23.4 Å². The highest BCUT2D eigenvalue weighted by atomic mass is 32.2. The predicted molar refractivity (Wildman–Crippen MR) is 129 cm³/mol. The molecule has 1 aliphatic rings. The number of pyridine rings is 1. The summed E-state index contributed by atoms with van der Waals surface area (Å²) in [6.07, 6.45) is 5.39. The molecule has 178 valence electrons. The molecule has 35 heavy (non-hydrogen) atoms. The van der Waals surface area contributed by atoms with Crippen molar-refractivity contribution in [2.24, 2.45) is 0 Å². The second-order valence-corrected chi connectivity index (χ2v) is 10.1. The normalized spacial score (nSPS) is 14.2. The number of benzene rings is 2. The van der Waals surface area contributed by atoms with Gasteiger partial charge in [-0.2, -0.15) is 9.29 Å². The van der Waals surface area contributed by atoms with Gasteiger partial charge in [-0.3, -0.25) is 9.78 Å². The maximum Gasteiger partial charge on any atom is 0.255 e. The second kappa shape index (κ2) is 9.77. The molecule has 0 spiro atoms. The number of para-hydroxylation sites is 1. The molecule has 1 fully saturated rings. The van der Waals surface area contributed by atoms with Crippen LogP contribution in [0.1, 0.15) is 34.7 Å². The summed E-state index contributed by atoms with van der Waals surface area (Å²) in [5, 5.41) is 6.91. The first-order valence-electron chi connectivity index (χ1n) is 11.2. The van der Waals surface area contributed by atoms with Gasteiger partial charge in [0.2, 0.25) is 21.7 Å². The van der Waals surface area contributed by atoms with Gasteiger partial charge in [-0.15, -0.1) is 0 Å². The Morgan fingerprint density at radius 1 is 1.00 bits per heavy atom. The number of hydrogen-bond acceptors (Lipinski definition) is 7. The molecule has 1 N–H and O–H groups in total. The third-order valence-electron chi connectivity index (χ3n) is 5.81. The van der Waals surface area contributed by atoms with Crippen LogP contribution in [-0.4, -0.2) is 46.8 Å². The van der Waals surface area contributed by atoms with Crippen LogP contribution in [0.25, 0.3) is 11.4 Å². The SMILES string of the molecule is O=C(Nc1ccccc1Cc1nc(-c2cccnc2)no1)c1ccc(S(=O)(=O)N2CCCC2)cc1. The fourth-order valence-electron chi connectivity index (χ4n) is 3.95. The maximum absolute atomic E-state index is 12.9. The second-order valence-electron chi connectivity index (χ2n) is 8.18. The fourth-order valence-corrected chi connectivity index (χ4v) is 5.47.